The molecular formula is C13H20ClN3. The molecule has 1 saturated heterocycles. The van der Waals surface area contributed by atoms with Crippen molar-refractivity contribution in [2.75, 3.05) is 18.0 Å². The number of hydrogen-bond donors (Lipinski definition) is 1. The second-order valence-corrected chi connectivity index (χ2v) is 5.84. The minimum Gasteiger partial charge on any atom is -0.355 e. The molecule has 1 aromatic heterocycles. The lowest BCUT2D eigenvalue weighted by atomic mass is 9.83. The second kappa shape index (κ2) is 4.83. The summed E-state index contributed by atoms with van der Waals surface area (Å²) in [6, 6.07) is 1.89. The smallest absolute Gasteiger partial charge is 0.147 e. The first-order valence-corrected chi connectivity index (χ1v) is 6.50. The van der Waals surface area contributed by atoms with Gasteiger partial charge in [0, 0.05) is 25.8 Å². The van der Waals surface area contributed by atoms with Crippen molar-refractivity contribution in [3.8, 4) is 0 Å². The molecule has 3 nitrogen and oxygen atoms in total. The number of piperidine rings is 1. The molecule has 0 spiro atoms. The van der Waals surface area contributed by atoms with E-state index in [4.69, 9.17) is 17.3 Å². The van der Waals surface area contributed by atoms with E-state index in [1.165, 1.54) is 12.8 Å². The molecule has 0 radical (unpaired) electrons. The van der Waals surface area contributed by atoms with Gasteiger partial charge in [-0.15, -0.1) is 0 Å². The van der Waals surface area contributed by atoms with Crippen molar-refractivity contribution >= 4 is 17.4 Å². The lowest BCUT2D eigenvalue weighted by Gasteiger charge is -2.38. The fourth-order valence-electron chi connectivity index (χ4n) is 2.17. The highest BCUT2D eigenvalue weighted by Gasteiger charge is 2.27. The topological polar surface area (TPSA) is 42.2 Å². The second-order valence-electron chi connectivity index (χ2n) is 5.46. The van der Waals surface area contributed by atoms with Gasteiger partial charge in [-0.3, -0.25) is 0 Å². The molecule has 0 unspecified atom stereocenters. The Balaban J connectivity index is 2.19. The number of hydrogen-bond acceptors (Lipinski definition) is 3. The van der Waals surface area contributed by atoms with Crippen LogP contribution < -0.4 is 10.6 Å². The third kappa shape index (κ3) is 2.72. The molecule has 1 aliphatic heterocycles. The van der Waals surface area contributed by atoms with Crippen molar-refractivity contribution in [1.82, 2.24) is 4.98 Å². The van der Waals surface area contributed by atoms with Gasteiger partial charge in [0.1, 0.15) is 5.82 Å². The summed E-state index contributed by atoms with van der Waals surface area (Å²) in [5, 5.41) is 0.717. The highest BCUT2D eigenvalue weighted by Crippen LogP contribution is 2.34. The molecule has 0 aliphatic carbocycles. The zero-order valence-electron chi connectivity index (χ0n) is 10.5. The average molecular weight is 254 g/mol. The Labute approximate surface area is 108 Å². The molecule has 94 valence electrons. The first-order valence-electron chi connectivity index (χ1n) is 6.12. The van der Waals surface area contributed by atoms with Crippen LogP contribution in [0.1, 0.15) is 32.3 Å². The molecule has 0 aromatic carbocycles. The van der Waals surface area contributed by atoms with E-state index in [-0.39, 0.29) is 0 Å². The van der Waals surface area contributed by atoms with Crippen LogP contribution in [-0.2, 0) is 6.54 Å². The van der Waals surface area contributed by atoms with E-state index in [0.717, 1.165) is 29.5 Å². The number of rotatable bonds is 2. The van der Waals surface area contributed by atoms with Crippen LogP contribution >= 0.6 is 11.6 Å². The zero-order chi connectivity index (χ0) is 12.5. The Hall–Kier alpha value is -0.800. The summed E-state index contributed by atoms with van der Waals surface area (Å²) >= 11 is 6.33. The maximum absolute atomic E-state index is 6.33. The summed E-state index contributed by atoms with van der Waals surface area (Å²) in [5.41, 5.74) is 7.07. The van der Waals surface area contributed by atoms with Gasteiger partial charge in [0.15, 0.2) is 0 Å². The fraction of sp³-hybridized carbons (Fsp3) is 0.615. The first-order chi connectivity index (χ1) is 8.03. The molecule has 4 heteroatoms. The van der Waals surface area contributed by atoms with Gasteiger partial charge in [0.25, 0.3) is 0 Å². The maximum Gasteiger partial charge on any atom is 0.147 e. The van der Waals surface area contributed by atoms with Crippen molar-refractivity contribution in [1.29, 1.82) is 0 Å². The Morgan fingerprint density at radius 1 is 1.41 bits per heavy atom. The summed E-state index contributed by atoms with van der Waals surface area (Å²) in [6.07, 6.45) is 4.15. The SMILES string of the molecule is CC1(C)CCN(c2nccc(CN)c2Cl)CC1. The molecule has 2 N–H and O–H groups in total. The van der Waals surface area contributed by atoms with E-state index in [1.54, 1.807) is 6.20 Å². The number of anilines is 1. The van der Waals surface area contributed by atoms with Crippen molar-refractivity contribution in [2.45, 2.75) is 33.2 Å². The van der Waals surface area contributed by atoms with Crippen LogP contribution in [0.2, 0.25) is 5.02 Å². The number of pyridine rings is 1. The molecule has 0 bridgehead atoms. The summed E-state index contributed by atoms with van der Waals surface area (Å²) in [4.78, 5) is 6.67. The Kier molecular flexibility index (Phi) is 3.59. The summed E-state index contributed by atoms with van der Waals surface area (Å²) in [6.45, 7) is 7.14. The third-order valence-electron chi connectivity index (χ3n) is 3.59. The van der Waals surface area contributed by atoms with Crippen LogP contribution in [0.4, 0.5) is 5.82 Å². The number of aromatic nitrogens is 1. The summed E-state index contributed by atoms with van der Waals surface area (Å²) in [7, 11) is 0. The van der Waals surface area contributed by atoms with E-state index in [1.807, 2.05) is 6.07 Å². The molecule has 2 heterocycles. The molecule has 17 heavy (non-hydrogen) atoms. The quantitative estimate of drug-likeness (QED) is 0.881. The molecule has 1 aromatic rings. The van der Waals surface area contributed by atoms with E-state index in [0.29, 0.717) is 12.0 Å². The minimum absolute atomic E-state index is 0.439. The van der Waals surface area contributed by atoms with Gasteiger partial charge < -0.3 is 10.6 Å². The van der Waals surface area contributed by atoms with E-state index in [2.05, 4.69) is 23.7 Å². The average Bonchev–Trinajstić information content (AvgIpc) is 2.30. The van der Waals surface area contributed by atoms with Crippen LogP contribution in [0.5, 0.6) is 0 Å². The first kappa shape index (κ1) is 12.7. The van der Waals surface area contributed by atoms with E-state index < -0.39 is 0 Å². The number of nitrogens with two attached hydrogens (primary N) is 1. The fourth-order valence-corrected chi connectivity index (χ4v) is 2.48. The van der Waals surface area contributed by atoms with Gasteiger partial charge in [-0.25, -0.2) is 4.98 Å². The van der Waals surface area contributed by atoms with Crippen LogP contribution in [-0.4, -0.2) is 18.1 Å². The predicted octanol–water partition coefficient (Wildman–Crippen LogP) is 2.82. The molecule has 2 rings (SSSR count). The van der Waals surface area contributed by atoms with Gasteiger partial charge in [0.05, 0.1) is 5.02 Å². The Bertz CT molecular complexity index is 394. The number of halogens is 1. The molecule has 0 saturated carbocycles. The van der Waals surface area contributed by atoms with Gasteiger partial charge >= 0.3 is 0 Å². The predicted molar refractivity (Wildman–Crippen MR) is 72.4 cm³/mol. The van der Waals surface area contributed by atoms with Crippen LogP contribution in [0, 0.1) is 5.41 Å². The molecule has 1 fully saturated rings. The lowest BCUT2D eigenvalue weighted by molar-refractivity contribution is 0.279. The third-order valence-corrected chi connectivity index (χ3v) is 4.00. The van der Waals surface area contributed by atoms with Crippen molar-refractivity contribution in [2.24, 2.45) is 11.1 Å². The van der Waals surface area contributed by atoms with E-state index in [9.17, 15) is 0 Å². The highest BCUT2D eigenvalue weighted by molar-refractivity contribution is 6.33. The van der Waals surface area contributed by atoms with Crippen molar-refractivity contribution in [3.63, 3.8) is 0 Å². The van der Waals surface area contributed by atoms with Crippen molar-refractivity contribution < 1.29 is 0 Å². The Morgan fingerprint density at radius 2 is 2.06 bits per heavy atom. The van der Waals surface area contributed by atoms with Crippen LogP contribution in [0.3, 0.4) is 0 Å². The van der Waals surface area contributed by atoms with E-state index >= 15 is 0 Å². The zero-order valence-corrected chi connectivity index (χ0v) is 11.3. The van der Waals surface area contributed by atoms with Gasteiger partial charge in [0.2, 0.25) is 0 Å². The van der Waals surface area contributed by atoms with Gasteiger partial charge in [-0.1, -0.05) is 25.4 Å². The summed E-state index contributed by atoms with van der Waals surface area (Å²) < 4.78 is 0. The highest BCUT2D eigenvalue weighted by atomic mass is 35.5. The normalized spacial score (nSPS) is 19.4. The Morgan fingerprint density at radius 3 is 2.65 bits per heavy atom. The van der Waals surface area contributed by atoms with Crippen LogP contribution in [0.25, 0.3) is 0 Å². The maximum atomic E-state index is 6.33. The molecule has 0 amide bonds. The largest absolute Gasteiger partial charge is 0.355 e. The monoisotopic (exact) mass is 253 g/mol. The molecule has 0 atom stereocenters. The van der Waals surface area contributed by atoms with Gasteiger partial charge in [-0.05, 0) is 29.9 Å². The van der Waals surface area contributed by atoms with Gasteiger partial charge in [-0.2, -0.15) is 0 Å². The molecule has 1 aliphatic rings. The van der Waals surface area contributed by atoms with Crippen LogP contribution in [0.15, 0.2) is 12.3 Å². The number of nitrogens with zero attached hydrogens (tertiary/aromatic N) is 2. The summed E-state index contributed by atoms with van der Waals surface area (Å²) in [5.74, 6) is 0.894. The minimum atomic E-state index is 0.439. The van der Waals surface area contributed by atoms with Crippen molar-refractivity contribution in [3.05, 3.63) is 22.8 Å². The lowest BCUT2D eigenvalue weighted by Crippen LogP contribution is -2.38. The standard InChI is InChI=1S/C13H20ClN3/c1-13(2)4-7-17(8-5-13)12-11(14)10(9-15)3-6-16-12/h3,6H,4-5,7-9,15H2,1-2H3. The molecular weight excluding hydrogens is 234 g/mol.